The molecule has 0 amide bonds. The second-order valence-corrected chi connectivity index (χ2v) is 6.27. The van der Waals surface area contributed by atoms with E-state index in [-0.39, 0.29) is 0 Å². The molecule has 0 unspecified atom stereocenters. The average molecular weight is 290 g/mol. The summed E-state index contributed by atoms with van der Waals surface area (Å²) in [4.78, 5) is 4.58. The maximum Gasteiger partial charge on any atom is 0.131 e. The second kappa shape index (κ2) is 6.86. The van der Waals surface area contributed by atoms with Gasteiger partial charge in [-0.25, -0.2) is 4.98 Å². The molecule has 0 aliphatic carbocycles. The van der Waals surface area contributed by atoms with Crippen molar-refractivity contribution in [1.82, 2.24) is 10.3 Å². The fourth-order valence-corrected chi connectivity index (χ4v) is 2.63. The first kappa shape index (κ1) is 15.0. The minimum Gasteiger partial charge on any atom is -0.487 e. The highest BCUT2D eigenvalue weighted by molar-refractivity contribution is 7.09. The highest BCUT2D eigenvalue weighted by Gasteiger charge is 2.05. The summed E-state index contributed by atoms with van der Waals surface area (Å²) in [6.45, 7) is 9.79. The fraction of sp³-hybridized carbons (Fsp3) is 0.438. The maximum atomic E-state index is 5.84. The Hall–Kier alpha value is -1.39. The normalized spacial score (nSPS) is 11.1. The molecule has 1 aromatic heterocycles. The van der Waals surface area contributed by atoms with Gasteiger partial charge in [0.05, 0.1) is 5.69 Å². The molecule has 0 aliphatic heterocycles. The van der Waals surface area contributed by atoms with Crippen molar-refractivity contribution >= 4 is 11.3 Å². The fourth-order valence-electron chi connectivity index (χ4n) is 1.90. The molecule has 0 spiro atoms. The number of ether oxygens (including phenoxy) is 1. The predicted molar refractivity (Wildman–Crippen MR) is 84.3 cm³/mol. The van der Waals surface area contributed by atoms with E-state index in [1.165, 1.54) is 11.1 Å². The van der Waals surface area contributed by atoms with Gasteiger partial charge in [0.1, 0.15) is 17.4 Å². The van der Waals surface area contributed by atoms with E-state index in [1.807, 2.05) is 6.07 Å². The molecule has 0 atom stereocenters. The summed E-state index contributed by atoms with van der Waals surface area (Å²) in [5, 5.41) is 6.55. The molecule has 2 rings (SSSR count). The molecule has 1 N–H and O–H groups in total. The molecular formula is C16H22N2OS. The van der Waals surface area contributed by atoms with E-state index in [4.69, 9.17) is 4.74 Å². The van der Waals surface area contributed by atoms with Crippen molar-refractivity contribution in [2.24, 2.45) is 0 Å². The van der Waals surface area contributed by atoms with Crippen LogP contribution in [0, 0.1) is 13.8 Å². The van der Waals surface area contributed by atoms with Crippen LogP contribution >= 0.6 is 11.3 Å². The lowest BCUT2D eigenvalue weighted by atomic mass is 10.1. The van der Waals surface area contributed by atoms with Gasteiger partial charge in [-0.05, 0) is 25.5 Å². The standard InChI is InChI=1S/C16H22N2OS/c1-11(2)17-8-16-18-14(10-20-16)9-19-15-6-5-12(3)7-13(15)4/h5-7,10-11,17H,8-9H2,1-4H3. The Morgan fingerprint density at radius 3 is 2.80 bits per heavy atom. The van der Waals surface area contributed by atoms with Gasteiger partial charge in [0.2, 0.25) is 0 Å². The maximum absolute atomic E-state index is 5.84. The SMILES string of the molecule is Cc1ccc(OCc2csc(CNC(C)C)n2)c(C)c1. The van der Waals surface area contributed by atoms with Crippen LogP contribution in [0.2, 0.25) is 0 Å². The molecule has 108 valence electrons. The first-order valence-electron chi connectivity index (χ1n) is 6.91. The van der Waals surface area contributed by atoms with Crippen molar-refractivity contribution in [3.8, 4) is 5.75 Å². The molecule has 4 heteroatoms. The number of hydrogen-bond donors (Lipinski definition) is 1. The van der Waals surface area contributed by atoms with E-state index >= 15 is 0 Å². The number of thiazole rings is 1. The van der Waals surface area contributed by atoms with Crippen molar-refractivity contribution in [2.45, 2.75) is 46.9 Å². The second-order valence-electron chi connectivity index (χ2n) is 5.33. The predicted octanol–water partition coefficient (Wildman–Crippen LogP) is 3.84. The molecule has 20 heavy (non-hydrogen) atoms. The Morgan fingerprint density at radius 2 is 2.10 bits per heavy atom. The van der Waals surface area contributed by atoms with Crippen LogP contribution in [0.25, 0.3) is 0 Å². The summed E-state index contributed by atoms with van der Waals surface area (Å²) in [6, 6.07) is 6.71. The minimum atomic E-state index is 0.480. The van der Waals surface area contributed by atoms with Gasteiger partial charge in [-0.3, -0.25) is 0 Å². The molecule has 1 heterocycles. The zero-order valence-corrected chi connectivity index (χ0v) is 13.4. The molecule has 0 fully saturated rings. The van der Waals surface area contributed by atoms with Crippen LogP contribution in [-0.4, -0.2) is 11.0 Å². The third-order valence-corrected chi connectivity index (χ3v) is 3.86. The van der Waals surface area contributed by atoms with Crippen LogP contribution in [0.5, 0.6) is 5.75 Å². The van der Waals surface area contributed by atoms with Crippen molar-refractivity contribution in [1.29, 1.82) is 0 Å². The summed E-state index contributed by atoms with van der Waals surface area (Å²) in [5.74, 6) is 0.936. The number of aromatic nitrogens is 1. The Kier molecular flexibility index (Phi) is 5.15. The Balaban J connectivity index is 1.90. The van der Waals surface area contributed by atoms with E-state index in [9.17, 15) is 0 Å². The van der Waals surface area contributed by atoms with Crippen molar-refractivity contribution < 1.29 is 4.74 Å². The van der Waals surface area contributed by atoms with E-state index in [2.05, 4.69) is 55.5 Å². The van der Waals surface area contributed by atoms with E-state index in [1.54, 1.807) is 11.3 Å². The Labute approximate surface area is 125 Å². The summed E-state index contributed by atoms with van der Waals surface area (Å²) < 4.78 is 5.84. The van der Waals surface area contributed by atoms with Crippen LogP contribution in [0.15, 0.2) is 23.6 Å². The zero-order valence-electron chi connectivity index (χ0n) is 12.6. The Morgan fingerprint density at radius 1 is 1.30 bits per heavy atom. The lowest BCUT2D eigenvalue weighted by Gasteiger charge is -2.08. The number of nitrogens with one attached hydrogen (secondary N) is 1. The summed E-state index contributed by atoms with van der Waals surface area (Å²) in [7, 11) is 0. The van der Waals surface area contributed by atoms with Gasteiger partial charge in [0, 0.05) is 18.0 Å². The zero-order chi connectivity index (χ0) is 14.5. The van der Waals surface area contributed by atoms with Crippen LogP contribution in [0.3, 0.4) is 0 Å². The number of nitrogens with zero attached hydrogens (tertiary/aromatic N) is 1. The minimum absolute atomic E-state index is 0.480. The van der Waals surface area contributed by atoms with Crippen LogP contribution < -0.4 is 10.1 Å². The van der Waals surface area contributed by atoms with Crippen LogP contribution in [-0.2, 0) is 13.2 Å². The molecule has 2 aromatic rings. The third kappa shape index (κ3) is 4.32. The lowest BCUT2D eigenvalue weighted by Crippen LogP contribution is -2.21. The molecule has 0 saturated carbocycles. The number of rotatable bonds is 6. The van der Waals surface area contributed by atoms with Crippen molar-refractivity contribution in [3.05, 3.63) is 45.4 Å². The molecule has 0 bridgehead atoms. The quantitative estimate of drug-likeness (QED) is 0.877. The number of benzene rings is 1. The van der Waals surface area contributed by atoms with E-state index in [0.29, 0.717) is 12.6 Å². The van der Waals surface area contributed by atoms with Gasteiger partial charge < -0.3 is 10.1 Å². The van der Waals surface area contributed by atoms with Gasteiger partial charge in [0.25, 0.3) is 0 Å². The van der Waals surface area contributed by atoms with Gasteiger partial charge >= 0.3 is 0 Å². The largest absolute Gasteiger partial charge is 0.487 e. The van der Waals surface area contributed by atoms with Gasteiger partial charge in [-0.2, -0.15) is 0 Å². The molecule has 0 aliphatic rings. The smallest absolute Gasteiger partial charge is 0.131 e. The highest BCUT2D eigenvalue weighted by Crippen LogP contribution is 2.20. The van der Waals surface area contributed by atoms with Crippen LogP contribution in [0.4, 0.5) is 0 Å². The summed E-state index contributed by atoms with van der Waals surface area (Å²) in [5.41, 5.74) is 3.42. The summed E-state index contributed by atoms with van der Waals surface area (Å²) in [6.07, 6.45) is 0. The number of aryl methyl sites for hydroxylation is 2. The van der Waals surface area contributed by atoms with Crippen molar-refractivity contribution in [3.63, 3.8) is 0 Å². The third-order valence-electron chi connectivity index (χ3n) is 2.97. The van der Waals surface area contributed by atoms with Gasteiger partial charge in [0.15, 0.2) is 0 Å². The Bertz CT molecular complexity index is 563. The summed E-state index contributed by atoms with van der Waals surface area (Å²) >= 11 is 1.68. The van der Waals surface area contributed by atoms with E-state index in [0.717, 1.165) is 23.0 Å². The molecule has 1 aromatic carbocycles. The molecule has 3 nitrogen and oxygen atoms in total. The van der Waals surface area contributed by atoms with Gasteiger partial charge in [-0.15, -0.1) is 11.3 Å². The average Bonchev–Trinajstić information content (AvgIpc) is 2.83. The first-order valence-corrected chi connectivity index (χ1v) is 7.79. The monoisotopic (exact) mass is 290 g/mol. The van der Waals surface area contributed by atoms with Crippen LogP contribution in [0.1, 0.15) is 35.7 Å². The topological polar surface area (TPSA) is 34.1 Å². The number of hydrogen-bond acceptors (Lipinski definition) is 4. The molecule has 0 radical (unpaired) electrons. The van der Waals surface area contributed by atoms with E-state index < -0.39 is 0 Å². The molecule has 0 saturated heterocycles. The lowest BCUT2D eigenvalue weighted by molar-refractivity contribution is 0.299. The first-order chi connectivity index (χ1) is 9.54. The van der Waals surface area contributed by atoms with Crippen molar-refractivity contribution in [2.75, 3.05) is 0 Å². The molecular weight excluding hydrogens is 268 g/mol. The van der Waals surface area contributed by atoms with Gasteiger partial charge in [-0.1, -0.05) is 31.5 Å². The highest BCUT2D eigenvalue weighted by atomic mass is 32.1.